The highest BCUT2D eigenvalue weighted by atomic mass is 32.2. The van der Waals surface area contributed by atoms with Crippen molar-refractivity contribution in [3.63, 3.8) is 0 Å². The Labute approximate surface area is 179 Å². The van der Waals surface area contributed by atoms with Crippen molar-refractivity contribution in [1.82, 2.24) is 15.1 Å². The second-order valence-corrected chi connectivity index (χ2v) is 9.68. The molecular formula is C21H23N3OS3. The molecule has 0 aliphatic rings. The van der Waals surface area contributed by atoms with Crippen LogP contribution in [0.15, 0.2) is 65.0 Å². The van der Waals surface area contributed by atoms with E-state index in [1.54, 1.807) is 4.68 Å². The molecule has 0 bridgehead atoms. The summed E-state index contributed by atoms with van der Waals surface area (Å²) in [5.74, 6) is 0.815. The predicted octanol–water partition coefficient (Wildman–Crippen LogP) is 5.66. The Balaban J connectivity index is 1.63. The number of amides is 1. The molecule has 0 spiro atoms. The van der Waals surface area contributed by atoms with Crippen LogP contribution in [0.25, 0.3) is 5.69 Å². The lowest BCUT2D eigenvalue weighted by Gasteiger charge is -2.21. The van der Waals surface area contributed by atoms with Gasteiger partial charge in [-0.1, -0.05) is 85.5 Å². The maximum atomic E-state index is 12.6. The molecule has 0 aliphatic heterocycles. The zero-order chi connectivity index (χ0) is 19.9. The van der Waals surface area contributed by atoms with Crippen LogP contribution in [0.1, 0.15) is 31.9 Å². The van der Waals surface area contributed by atoms with Crippen LogP contribution in [0.3, 0.4) is 0 Å². The summed E-state index contributed by atoms with van der Waals surface area (Å²) < 4.78 is 3.21. The number of nitrogens with zero attached hydrogens (tertiary/aromatic N) is 2. The van der Waals surface area contributed by atoms with E-state index >= 15 is 0 Å². The first kappa shape index (κ1) is 20.8. The molecule has 1 unspecified atom stereocenters. The molecule has 2 aromatic carbocycles. The summed E-state index contributed by atoms with van der Waals surface area (Å²) in [4.78, 5) is 12.6. The standard InChI is InChI=1S/C21H23N3OS3/c1-15(2)13-18(16-9-5-3-6-10-16)22-19(25)14-27-20-23-24(21(26)28-20)17-11-7-4-8-12-17/h3-12,15,18H,13-14H2,1-2H3,(H,22,25). The highest BCUT2D eigenvalue weighted by molar-refractivity contribution is 8.01. The van der Waals surface area contributed by atoms with E-state index in [9.17, 15) is 4.79 Å². The third-order valence-electron chi connectivity index (χ3n) is 4.10. The highest BCUT2D eigenvalue weighted by Gasteiger charge is 2.17. The van der Waals surface area contributed by atoms with Gasteiger partial charge in [-0.3, -0.25) is 4.79 Å². The van der Waals surface area contributed by atoms with E-state index in [0.29, 0.717) is 15.6 Å². The van der Waals surface area contributed by atoms with E-state index in [1.165, 1.54) is 23.1 Å². The fourth-order valence-corrected chi connectivity index (χ4v) is 5.02. The lowest BCUT2D eigenvalue weighted by molar-refractivity contribution is -0.119. The van der Waals surface area contributed by atoms with Gasteiger partial charge in [0.2, 0.25) is 5.91 Å². The summed E-state index contributed by atoms with van der Waals surface area (Å²) in [5.41, 5.74) is 2.07. The van der Waals surface area contributed by atoms with E-state index in [1.807, 2.05) is 48.5 Å². The number of benzene rings is 2. The maximum Gasteiger partial charge on any atom is 0.230 e. The van der Waals surface area contributed by atoms with E-state index < -0.39 is 0 Å². The average molecular weight is 430 g/mol. The summed E-state index contributed by atoms with van der Waals surface area (Å²) in [6.45, 7) is 4.33. The third-order valence-corrected chi connectivity index (χ3v) is 6.47. The number of aromatic nitrogens is 2. The molecule has 0 aliphatic carbocycles. The largest absolute Gasteiger partial charge is 0.349 e. The normalized spacial score (nSPS) is 12.1. The Morgan fingerprint density at radius 3 is 2.43 bits per heavy atom. The van der Waals surface area contributed by atoms with Gasteiger partial charge in [0, 0.05) is 0 Å². The van der Waals surface area contributed by atoms with Crippen LogP contribution in [0, 0.1) is 9.87 Å². The molecule has 1 amide bonds. The molecule has 1 heterocycles. The van der Waals surface area contributed by atoms with E-state index in [4.69, 9.17) is 12.2 Å². The molecule has 0 radical (unpaired) electrons. The smallest absolute Gasteiger partial charge is 0.230 e. The van der Waals surface area contributed by atoms with Crippen molar-refractivity contribution in [2.24, 2.45) is 5.92 Å². The monoisotopic (exact) mass is 429 g/mol. The average Bonchev–Trinajstić information content (AvgIpc) is 3.07. The van der Waals surface area contributed by atoms with Crippen LogP contribution in [0.4, 0.5) is 0 Å². The number of hydrogen-bond donors (Lipinski definition) is 1. The fourth-order valence-electron chi connectivity index (χ4n) is 2.85. The molecule has 0 saturated heterocycles. The number of thioether (sulfide) groups is 1. The van der Waals surface area contributed by atoms with Gasteiger partial charge in [0.1, 0.15) is 0 Å². The Bertz CT molecular complexity index is 952. The van der Waals surface area contributed by atoms with E-state index in [0.717, 1.165) is 22.0 Å². The summed E-state index contributed by atoms with van der Waals surface area (Å²) >= 11 is 8.27. The van der Waals surface area contributed by atoms with Gasteiger partial charge in [-0.15, -0.1) is 5.10 Å². The Morgan fingerprint density at radius 2 is 1.79 bits per heavy atom. The zero-order valence-electron chi connectivity index (χ0n) is 15.9. The summed E-state index contributed by atoms with van der Waals surface area (Å²) in [7, 11) is 0. The highest BCUT2D eigenvalue weighted by Crippen LogP contribution is 2.25. The van der Waals surface area contributed by atoms with Crippen LogP contribution in [0.5, 0.6) is 0 Å². The Kier molecular flexibility index (Phi) is 7.42. The van der Waals surface area contributed by atoms with Crippen LogP contribution in [-0.2, 0) is 4.79 Å². The van der Waals surface area contributed by atoms with Crippen molar-refractivity contribution in [2.45, 2.75) is 30.6 Å². The van der Waals surface area contributed by atoms with Gasteiger partial charge in [0.25, 0.3) is 0 Å². The summed E-state index contributed by atoms with van der Waals surface area (Å²) in [6.07, 6.45) is 0.905. The van der Waals surface area contributed by atoms with Crippen LogP contribution in [-0.4, -0.2) is 21.4 Å². The Morgan fingerprint density at radius 1 is 1.14 bits per heavy atom. The predicted molar refractivity (Wildman–Crippen MR) is 120 cm³/mol. The first-order valence-corrected chi connectivity index (χ1v) is 11.4. The van der Waals surface area contributed by atoms with Gasteiger partial charge < -0.3 is 5.32 Å². The van der Waals surface area contributed by atoms with Gasteiger partial charge in [0.05, 0.1) is 17.5 Å². The molecule has 3 rings (SSSR count). The molecule has 146 valence electrons. The molecule has 1 aromatic heterocycles. The minimum atomic E-state index is 0.00637. The second kappa shape index (κ2) is 10.0. The van der Waals surface area contributed by atoms with Crippen LogP contribution >= 0.6 is 35.3 Å². The number of nitrogens with one attached hydrogen (secondary N) is 1. The molecule has 0 saturated carbocycles. The van der Waals surface area contributed by atoms with Gasteiger partial charge in [-0.25, -0.2) is 4.68 Å². The molecule has 4 nitrogen and oxygen atoms in total. The second-order valence-electron chi connectivity index (χ2n) is 6.83. The summed E-state index contributed by atoms with van der Waals surface area (Å²) in [6, 6.07) is 19.9. The van der Waals surface area contributed by atoms with Gasteiger partial charge in [-0.05, 0) is 42.3 Å². The molecular weight excluding hydrogens is 406 g/mol. The van der Waals surface area contributed by atoms with Crippen LogP contribution in [0.2, 0.25) is 0 Å². The van der Waals surface area contributed by atoms with Gasteiger partial charge >= 0.3 is 0 Å². The Hall–Kier alpha value is -1.96. The fraction of sp³-hybridized carbons (Fsp3) is 0.286. The van der Waals surface area contributed by atoms with E-state index in [-0.39, 0.29) is 11.9 Å². The topological polar surface area (TPSA) is 46.9 Å². The molecule has 0 fully saturated rings. The zero-order valence-corrected chi connectivity index (χ0v) is 18.3. The lowest BCUT2D eigenvalue weighted by Crippen LogP contribution is -2.30. The first-order chi connectivity index (χ1) is 13.5. The maximum absolute atomic E-state index is 12.6. The van der Waals surface area contributed by atoms with Crippen molar-refractivity contribution in [3.05, 3.63) is 70.2 Å². The van der Waals surface area contributed by atoms with Crippen molar-refractivity contribution >= 4 is 41.2 Å². The number of hydrogen-bond acceptors (Lipinski definition) is 5. The molecule has 3 aromatic rings. The number of carbonyl (C=O) groups excluding carboxylic acids is 1. The SMILES string of the molecule is CC(C)CC(NC(=O)CSc1nn(-c2ccccc2)c(=S)s1)c1ccccc1. The molecule has 28 heavy (non-hydrogen) atoms. The number of para-hydroxylation sites is 1. The van der Waals surface area contributed by atoms with Gasteiger partial charge in [0.15, 0.2) is 8.29 Å². The molecule has 1 atom stereocenters. The van der Waals surface area contributed by atoms with Crippen molar-refractivity contribution in [3.8, 4) is 5.69 Å². The lowest BCUT2D eigenvalue weighted by atomic mass is 9.97. The minimum Gasteiger partial charge on any atom is -0.349 e. The van der Waals surface area contributed by atoms with Crippen molar-refractivity contribution in [2.75, 3.05) is 5.75 Å². The number of rotatable bonds is 8. The van der Waals surface area contributed by atoms with Gasteiger partial charge in [-0.2, -0.15) is 0 Å². The first-order valence-electron chi connectivity index (χ1n) is 9.15. The third kappa shape index (κ3) is 5.77. The van der Waals surface area contributed by atoms with Crippen LogP contribution < -0.4 is 5.32 Å². The van der Waals surface area contributed by atoms with Crippen molar-refractivity contribution < 1.29 is 4.79 Å². The number of carbonyl (C=O) groups is 1. The summed E-state index contributed by atoms with van der Waals surface area (Å²) in [5, 5.41) is 7.72. The molecule has 7 heteroatoms. The van der Waals surface area contributed by atoms with Crippen molar-refractivity contribution in [1.29, 1.82) is 0 Å². The molecule has 1 N–H and O–H groups in total. The van der Waals surface area contributed by atoms with E-state index in [2.05, 4.69) is 36.4 Å². The quantitative estimate of drug-likeness (QED) is 0.371. The minimum absolute atomic E-state index is 0.00637.